The number of hydrogen-bond donors (Lipinski definition) is 1. The number of nitrogens with one attached hydrogen (secondary N) is 1. The lowest BCUT2D eigenvalue weighted by atomic mass is 10.4. The van der Waals surface area contributed by atoms with Crippen molar-refractivity contribution in [3.63, 3.8) is 0 Å². The Morgan fingerprint density at radius 2 is 2.13 bits per heavy atom. The molecule has 1 saturated heterocycles. The van der Waals surface area contributed by atoms with Gasteiger partial charge in [-0.3, -0.25) is 0 Å². The fraction of sp³-hybridized carbons (Fsp3) is 0.571. The number of nitrogens with zero attached hydrogens (tertiary/aromatic N) is 2. The van der Waals surface area contributed by atoms with Gasteiger partial charge in [-0.15, -0.1) is 0 Å². The smallest absolute Gasteiger partial charge is 0.246 e. The third-order valence-electron chi connectivity index (χ3n) is 2.10. The first kappa shape index (κ1) is 11.3. The van der Waals surface area contributed by atoms with Crippen LogP contribution in [-0.2, 0) is 10.2 Å². The van der Waals surface area contributed by atoms with E-state index in [0.29, 0.717) is 18.2 Å². The van der Waals surface area contributed by atoms with Crippen LogP contribution in [0.3, 0.4) is 0 Å². The Morgan fingerprint density at radius 3 is 2.67 bits per heavy atom. The van der Waals surface area contributed by atoms with Crippen LogP contribution < -0.4 is 4.72 Å². The molecule has 5 nitrogen and oxygen atoms in total. The molecule has 2 rings (SSSR count). The van der Waals surface area contributed by atoms with E-state index in [0.717, 1.165) is 16.6 Å². The molecule has 0 atom stereocenters. The maximum absolute atomic E-state index is 11.8. The number of rotatable bonds is 3. The Hall–Kier alpha value is -0.180. The van der Waals surface area contributed by atoms with Crippen LogP contribution in [0.2, 0.25) is 0 Å². The van der Waals surface area contributed by atoms with Crippen LogP contribution in [0.1, 0.15) is 12.8 Å². The normalized spacial score (nSPS) is 18.2. The van der Waals surface area contributed by atoms with Crippen molar-refractivity contribution in [2.45, 2.75) is 12.8 Å². The third-order valence-corrected chi connectivity index (χ3v) is 5.12. The van der Waals surface area contributed by atoms with Gasteiger partial charge in [-0.2, -0.15) is 12.7 Å². The Bertz CT molecular complexity index is 439. The molecule has 0 unspecified atom stereocenters. The van der Waals surface area contributed by atoms with Gasteiger partial charge in [-0.1, -0.05) is 11.3 Å². The molecule has 0 saturated carbocycles. The molecule has 1 fully saturated rings. The van der Waals surface area contributed by atoms with Crippen molar-refractivity contribution in [1.29, 1.82) is 0 Å². The minimum Gasteiger partial charge on any atom is -0.246 e. The summed E-state index contributed by atoms with van der Waals surface area (Å²) in [5, 5.41) is 0.397. The Morgan fingerprint density at radius 1 is 1.47 bits per heavy atom. The summed E-state index contributed by atoms with van der Waals surface area (Å²) in [5.74, 6) is 0. The van der Waals surface area contributed by atoms with E-state index in [9.17, 15) is 8.42 Å². The maximum Gasteiger partial charge on any atom is 0.303 e. The topological polar surface area (TPSA) is 62.3 Å². The Labute approximate surface area is 101 Å². The van der Waals surface area contributed by atoms with Gasteiger partial charge < -0.3 is 0 Å². The fourth-order valence-electron chi connectivity index (χ4n) is 1.40. The van der Waals surface area contributed by atoms with E-state index >= 15 is 0 Å². The lowest BCUT2D eigenvalue weighted by Gasteiger charge is -2.14. The average Bonchev–Trinajstić information content (AvgIpc) is 2.75. The summed E-state index contributed by atoms with van der Waals surface area (Å²) >= 11 is 4.49. The highest BCUT2D eigenvalue weighted by molar-refractivity contribution is 9.11. The number of thiazole rings is 1. The van der Waals surface area contributed by atoms with Crippen LogP contribution >= 0.6 is 27.3 Å². The average molecular weight is 312 g/mol. The molecule has 1 aliphatic heterocycles. The highest BCUT2D eigenvalue weighted by atomic mass is 79.9. The van der Waals surface area contributed by atoms with E-state index in [1.165, 1.54) is 15.6 Å². The van der Waals surface area contributed by atoms with E-state index in [4.69, 9.17) is 0 Å². The monoisotopic (exact) mass is 311 g/mol. The molecule has 2 heterocycles. The van der Waals surface area contributed by atoms with Crippen molar-refractivity contribution in [1.82, 2.24) is 9.29 Å². The van der Waals surface area contributed by atoms with Crippen LogP contribution in [0, 0.1) is 0 Å². The van der Waals surface area contributed by atoms with E-state index in [-0.39, 0.29) is 0 Å². The minimum atomic E-state index is -3.39. The van der Waals surface area contributed by atoms with Gasteiger partial charge in [-0.25, -0.2) is 9.71 Å². The second kappa shape index (κ2) is 4.36. The summed E-state index contributed by atoms with van der Waals surface area (Å²) in [6.45, 7) is 1.20. The molecule has 0 bridgehead atoms. The highest BCUT2D eigenvalue weighted by Crippen LogP contribution is 2.25. The summed E-state index contributed by atoms with van der Waals surface area (Å²) < 4.78 is 28.3. The van der Waals surface area contributed by atoms with E-state index in [2.05, 4.69) is 25.6 Å². The molecule has 0 radical (unpaired) electrons. The fourth-order valence-corrected chi connectivity index (χ4v) is 3.99. The second-order valence-electron chi connectivity index (χ2n) is 3.18. The van der Waals surface area contributed by atoms with Crippen molar-refractivity contribution < 1.29 is 8.42 Å². The lowest BCUT2D eigenvalue weighted by Crippen LogP contribution is -2.33. The summed E-state index contributed by atoms with van der Waals surface area (Å²) in [4.78, 5) is 3.93. The largest absolute Gasteiger partial charge is 0.303 e. The second-order valence-corrected chi connectivity index (χ2v) is 7.26. The first-order valence-electron chi connectivity index (χ1n) is 4.47. The molecular weight excluding hydrogens is 302 g/mol. The summed E-state index contributed by atoms with van der Waals surface area (Å²) in [6, 6.07) is 0. The summed E-state index contributed by atoms with van der Waals surface area (Å²) in [6.07, 6.45) is 3.44. The molecule has 0 spiro atoms. The van der Waals surface area contributed by atoms with Crippen molar-refractivity contribution in [3.05, 3.63) is 9.98 Å². The molecule has 0 aliphatic carbocycles. The zero-order chi connectivity index (χ0) is 10.9. The Balaban J connectivity index is 2.10. The lowest BCUT2D eigenvalue weighted by molar-refractivity contribution is 0.482. The Kier molecular flexibility index (Phi) is 3.29. The van der Waals surface area contributed by atoms with Crippen molar-refractivity contribution in [2.75, 3.05) is 17.8 Å². The first-order valence-corrected chi connectivity index (χ1v) is 7.52. The zero-order valence-corrected chi connectivity index (χ0v) is 11.0. The van der Waals surface area contributed by atoms with Gasteiger partial charge in [0.2, 0.25) is 0 Å². The quantitative estimate of drug-likeness (QED) is 0.923. The number of hydrogen-bond acceptors (Lipinski definition) is 4. The van der Waals surface area contributed by atoms with Gasteiger partial charge in [0, 0.05) is 13.1 Å². The van der Waals surface area contributed by atoms with Crippen LogP contribution in [-0.4, -0.2) is 30.8 Å². The third kappa shape index (κ3) is 2.68. The summed E-state index contributed by atoms with van der Waals surface area (Å²) in [7, 11) is -3.39. The number of anilines is 1. The molecule has 1 N–H and O–H groups in total. The van der Waals surface area contributed by atoms with Gasteiger partial charge in [0.15, 0.2) is 5.13 Å². The number of aromatic nitrogens is 1. The van der Waals surface area contributed by atoms with Crippen LogP contribution in [0.25, 0.3) is 0 Å². The first-order chi connectivity index (χ1) is 7.08. The highest BCUT2D eigenvalue weighted by Gasteiger charge is 2.25. The standard InChI is InChI=1S/C7H10BrN3O2S2/c8-6-5-9-7(14-6)10-15(12,13)11-3-1-2-4-11/h5H,1-4H2,(H,9,10). The molecule has 0 aromatic carbocycles. The maximum atomic E-state index is 11.8. The SMILES string of the molecule is O=S(=O)(Nc1ncc(Br)s1)N1CCCC1. The van der Waals surface area contributed by atoms with Gasteiger partial charge in [-0.05, 0) is 28.8 Å². The van der Waals surface area contributed by atoms with Crippen molar-refractivity contribution in [2.24, 2.45) is 0 Å². The van der Waals surface area contributed by atoms with Gasteiger partial charge in [0.1, 0.15) is 0 Å². The van der Waals surface area contributed by atoms with E-state index < -0.39 is 10.2 Å². The van der Waals surface area contributed by atoms with Gasteiger partial charge in [0.05, 0.1) is 9.98 Å². The predicted molar refractivity (Wildman–Crippen MR) is 63.2 cm³/mol. The van der Waals surface area contributed by atoms with Crippen LogP contribution in [0.5, 0.6) is 0 Å². The molecule has 0 amide bonds. The molecule has 8 heteroatoms. The van der Waals surface area contributed by atoms with Gasteiger partial charge >= 0.3 is 10.2 Å². The molecule has 1 aromatic rings. The summed E-state index contributed by atoms with van der Waals surface area (Å²) in [5.41, 5.74) is 0. The molecule has 84 valence electrons. The molecule has 1 aliphatic rings. The van der Waals surface area contributed by atoms with Crippen LogP contribution in [0.4, 0.5) is 5.13 Å². The molecule has 15 heavy (non-hydrogen) atoms. The van der Waals surface area contributed by atoms with Gasteiger partial charge in [0.25, 0.3) is 0 Å². The van der Waals surface area contributed by atoms with E-state index in [1.807, 2.05) is 0 Å². The number of halogens is 1. The minimum absolute atomic E-state index is 0.397. The predicted octanol–water partition coefficient (Wildman–Crippen LogP) is 1.66. The van der Waals surface area contributed by atoms with Crippen molar-refractivity contribution in [3.8, 4) is 0 Å². The van der Waals surface area contributed by atoms with E-state index in [1.54, 1.807) is 6.20 Å². The molecular formula is C7H10BrN3O2S2. The van der Waals surface area contributed by atoms with Crippen molar-refractivity contribution >= 4 is 42.6 Å². The molecule has 1 aromatic heterocycles. The van der Waals surface area contributed by atoms with Crippen LogP contribution in [0.15, 0.2) is 9.98 Å². The zero-order valence-electron chi connectivity index (χ0n) is 7.81.